The van der Waals surface area contributed by atoms with Gasteiger partial charge in [-0.3, -0.25) is 0 Å². The summed E-state index contributed by atoms with van der Waals surface area (Å²) in [6.07, 6.45) is 12.6. The summed E-state index contributed by atoms with van der Waals surface area (Å²) in [6, 6.07) is 0. The van der Waals surface area contributed by atoms with Crippen molar-refractivity contribution in [3.63, 3.8) is 0 Å². The number of rotatable bonds is 3. The molecule has 0 amide bonds. The SMILES string of the molecule is CC1=CC(C)[C]([Zr]([C]2=C(C)C=C(C)C2)([C]2=C(C)C=C(C)C2)=[Si](C)C)=C1.Cl.Cl. The zero-order valence-corrected chi connectivity index (χ0v) is 23.2. The van der Waals surface area contributed by atoms with Crippen LogP contribution in [0.5, 0.6) is 0 Å². The van der Waals surface area contributed by atoms with E-state index in [2.05, 4.69) is 78.9 Å². The van der Waals surface area contributed by atoms with Gasteiger partial charge in [0.25, 0.3) is 0 Å². The molecule has 3 aliphatic carbocycles. The van der Waals surface area contributed by atoms with E-state index in [-0.39, 0.29) is 24.8 Å². The molecular weight excluding hydrogens is 466 g/mol. The fourth-order valence-corrected chi connectivity index (χ4v) is 37.1. The fraction of sp³-hybridized carbons (Fsp3) is 0.478. The average Bonchev–Trinajstić information content (AvgIpc) is 3.11. The summed E-state index contributed by atoms with van der Waals surface area (Å²) in [5, 5.41) is 0. The first kappa shape index (κ1) is 25.2. The Morgan fingerprint density at radius 2 is 1.26 bits per heavy atom. The van der Waals surface area contributed by atoms with Gasteiger partial charge in [-0.1, -0.05) is 0 Å². The van der Waals surface area contributed by atoms with E-state index in [1.165, 1.54) is 18.4 Å². The van der Waals surface area contributed by atoms with Crippen molar-refractivity contribution in [1.82, 2.24) is 0 Å². The molecule has 0 aromatic heterocycles. The van der Waals surface area contributed by atoms with E-state index < -0.39 is 24.3 Å². The molecule has 0 aromatic rings. The molecule has 149 valence electrons. The van der Waals surface area contributed by atoms with Crippen molar-refractivity contribution in [2.45, 2.75) is 67.5 Å². The van der Waals surface area contributed by atoms with Gasteiger partial charge in [-0.25, -0.2) is 0 Å². The van der Waals surface area contributed by atoms with Crippen LogP contribution in [-0.4, -0.2) is 5.43 Å². The predicted molar refractivity (Wildman–Crippen MR) is 125 cm³/mol. The van der Waals surface area contributed by atoms with Gasteiger partial charge in [0, 0.05) is 0 Å². The van der Waals surface area contributed by atoms with Crippen LogP contribution in [0.3, 0.4) is 0 Å². The molecule has 0 spiro atoms. The molecule has 0 radical (unpaired) electrons. The average molecular weight is 502 g/mol. The smallest absolute Gasteiger partial charge is 0.147 e. The van der Waals surface area contributed by atoms with Crippen molar-refractivity contribution in [1.29, 1.82) is 0 Å². The summed E-state index contributed by atoms with van der Waals surface area (Å²) in [4.78, 5) is 0. The molecule has 0 fully saturated rings. The van der Waals surface area contributed by atoms with E-state index in [0.717, 1.165) is 0 Å². The Morgan fingerprint density at radius 1 is 0.815 bits per heavy atom. The summed E-state index contributed by atoms with van der Waals surface area (Å²) < 4.78 is 5.69. The molecule has 1 unspecified atom stereocenters. The van der Waals surface area contributed by atoms with E-state index in [9.17, 15) is 0 Å². The van der Waals surface area contributed by atoms with Crippen LogP contribution in [0.15, 0.2) is 62.0 Å². The Hall–Kier alpha value is 0.120. The second kappa shape index (κ2) is 9.29. The maximum Gasteiger partial charge on any atom is -0.147 e. The molecular formula is C23H35Cl2SiZr. The van der Waals surface area contributed by atoms with Crippen LogP contribution in [0.25, 0.3) is 0 Å². The predicted octanol–water partition coefficient (Wildman–Crippen LogP) is 7.96. The Kier molecular flexibility index (Phi) is 8.66. The van der Waals surface area contributed by atoms with Crippen LogP contribution in [0.2, 0.25) is 13.1 Å². The van der Waals surface area contributed by atoms with Gasteiger partial charge in [-0.15, -0.1) is 24.8 Å². The monoisotopic (exact) mass is 499 g/mol. The minimum Gasteiger partial charge on any atom is -0.147 e. The first-order valence-corrected chi connectivity index (χ1v) is 19.5. The van der Waals surface area contributed by atoms with Crippen LogP contribution in [0, 0.1) is 5.92 Å². The summed E-state index contributed by atoms with van der Waals surface area (Å²) in [7, 11) is 0. The molecule has 4 heteroatoms. The van der Waals surface area contributed by atoms with Crippen molar-refractivity contribution in [2.75, 3.05) is 0 Å². The maximum absolute atomic E-state index is 2.84. The largest absolute Gasteiger partial charge is 0.147 e. The number of halogens is 2. The van der Waals surface area contributed by atoms with Crippen molar-refractivity contribution >= 4 is 30.2 Å². The van der Waals surface area contributed by atoms with Gasteiger partial charge in [-0.05, 0) is 0 Å². The molecule has 3 aliphatic rings. The minimum absolute atomic E-state index is 0. The third-order valence-electron chi connectivity index (χ3n) is 6.26. The normalized spacial score (nSPS) is 22.1. The van der Waals surface area contributed by atoms with Gasteiger partial charge in [0.05, 0.1) is 0 Å². The first-order chi connectivity index (χ1) is 11.7. The van der Waals surface area contributed by atoms with E-state index in [1.54, 1.807) is 22.3 Å². The Morgan fingerprint density at radius 3 is 1.52 bits per heavy atom. The minimum atomic E-state index is -2.84. The molecule has 0 bridgehead atoms. The number of allylic oxidation sites excluding steroid dienone is 12. The summed E-state index contributed by atoms with van der Waals surface area (Å²) in [5.74, 6) is 0.637. The number of hydrogen-bond acceptors (Lipinski definition) is 0. The quantitative estimate of drug-likeness (QED) is 0.344. The van der Waals surface area contributed by atoms with Crippen molar-refractivity contribution in [3.8, 4) is 0 Å². The second-order valence-corrected chi connectivity index (χ2v) is 30.6. The van der Waals surface area contributed by atoms with Gasteiger partial charge in [0.2, 0.25) is 0 Å². The number of hydrogen-bond donors (Lipinski definition) is 0. The zero-order chi connectivity index (χ0) is 18.5. The van der Waals surface area contributed by atoms with Crippen molar-refractivity contribution < 1.29 is 18.9 Å². The molecule has 3 rings (SSSR count). The van der Waals surface area contributed by atoms with E-state index >= 15 is 0 Å². The molecule has 0 nitrogen and oxygen atoms in total. The van der Waals surface area contributed by atoms with Crippen LogP contribution in [0.1, 0.15) is 54.4 Å². The molecule has 0 heterocycles. The van der Waals surface area contributed by atoms with E-state index in [4.69, 9.17) is 0 Å². The van der Waals surface area contributed by atoms with E-state index in [0.29, 0.717) is 5.92 Å². The van der Waals surface area contributed by atoms with Gasteiger partial charge in [0.15, 0.2) is 0 Å². The molecule has 0 aliphatic heterocycles. The van der Waals surface area contributed by atoms with Gasteiger partial charge in [0.1, 0.15) is 0 Å². The van der Waals surface area contributed by atoms with E-state index in [1.807, 2.05) is 9.84 Å². The van der Waals surface area contributed by atoms with Crippen molar-refractivity contribution in [3.05, 3.63) is 62.0 Å². The fourth-order valence-electron chi connectivity index (χ4n) is 5.49. The van der Waals surface area contributed by atoms with Crippen LogP contribution < -0.4 is 0 Å². The van der Waals surface area contributed by atoms with Gasteiger partial charge >= 0.3 is 160 Å². The first-order valence-electron chi connectivity index (χ1n) is 9.63. The topological polar surface area (TPSA) is 0 Å². The molecule has 1 atom stereocenters. The second-order valence-electron chi connectivity index (χ2n) is 8.71. The summed E-state index contributed by atoms with van der Waals surface area (Å²) in [5.41, 5.74) is 7.45. The van der Waals surface area contributed by atoms with Crippen LogP contribution in [0.4, 0.5) is 0 Å². The molecule has 0 N–H and O–H groups in total. The third-order valence-corrected chi connectivity index (χ3v) is 35.0. The van der Waals surface area contributed by atoms with Gasteiger partial charge < -0.3 is 0 Å². The van der Waals surface area contributed by atoms with Crippen molar-refractivity contribution in [2.24, 2.45) is 5.92 Å². The third kappa shape index (κ3) is 4.20. The Bertz CT molecular complexity index is 841. The Balaban J connectivity index is 0.00000182. The molecule has 0 saturated heterocycles. The summed E-state index contributed by atoms with van der Waals surface area (Å²) in [6.45, 7) is 19.5. The maximum atomic E-state index is 2.63. The zero-order valence-electron chi connectivity index (χ0n) is 18.1. The molecule has 0 saturated carbocycles. The van der Waals surface area contributed by atoms with Crippen LogP contribution >= 0.6 is 24.8 Å². The molecule has 0 aromatic carbocycles. The standard InChI is InChI=1S/3C7H9.C2H6Si.2ClH.Zr/c3*1-6-3-4-7(2)5-6;1-3-2;;;/h2*5H,3H2,1-2H3;3,5,7H,1-2H3;1-2H3;2*1H;. The van der Waals surface area contributed by atoms with Crippen LogP contribution in [-0.2, 0) is 18.9 Å². The summed E-state index contributed by atoms with van der Waals surface area (Å²) >= 11 is -2.84. The Labute approximate surface area is 183 Å². The van der Waals surface area contributed by atoms with Gasteiger partial charge in [-0.2, -0.15) is 0 Å². The molecule has 27 heavy (non-hydrogen) atoms.